The molecule has 0 amide bonds. The van der Waals surface area contributed by atoms with Crippen LogP contribution in [0.3, 0.4) is 0 Å². The summed E-state index contributed by atoms with van der Waals surface area (Å²) in [7, 11) is 0. The minimum Gasteiger partial charge on any atom is -0.489 e. The van der Waals surface area contributed by atoms with Gasteiger partial charge in [-0.25, -0.2) is 0 Å². The average Bonchev–Trinajstić information content (AvgIpc) is 2.24. The third kappa shape index (κ3) is 2.51. The van der Waals surface area contributed by atoms with E-state index in [1.165, 1.54) is 18.4 Å². The summed E-state index contributed by atoms with van der Waals surface area (Å²) in [5, 5.41) is 0. The van der Waals surface area contributed by atoms with Gasteiger partial charge in [0.1, 0.15) is 11.9 Å². The topological polar surface area (TPSA) is 35.2 Å². The van der Waals surface area contributed by atoms with Crippen LogP contribution in [0.5, 0.6) is 5.75 Å². The Balaban J connectivity index is 2.04. The minimum atomic E-state index is 0.207. The zero-order valence-corrected chi connectivity index (χ0v) is 9.28. The van der Waals surface area contributed by atoms with Crippen LogP contribution in [0.1, 0.15) is 31.2 Å². The maximum atomic E-state index is 6.05. The smallest absolute Gasteiger partial charge is 0.122 e. The standard InChI is InChI=1S/C13H19NO/c1-10-6-2-4-8-12(10)15-13-9-5-3-7-11(13)14/h2,4,6,8,11,13H,3,5,7,9,14H2,1H3/t11-,13-/m1/s1. The second-order valence-corrected chi connectivity index (χ2v) is 4.37. The van der Waals surface area contributed by atoms with Crippen molar-refractivity contribution in [1.82, 2.24) is 0 Å². The molecule has 1 aliphatic rings. The summed E-state index contributed by atoms with van der Waals surface area (Å²) in [4.78, 5) is 0. The van der Waals surface area contributed by atoms with Crippen LogP contribution in [-0.2, 0) is 0 Å². The van der Waals surface area contributed by atoms with E-state index in [9.17, 15) is 0 Å². The molecular formula is C13H19NO. The average molecular weight is 205 g/mol. The predicted molar refractivity (Wildman–Crippen MR) is 62.0 cm³/mol. The van der Waals surface area contributed by atoms with Crippen molar-refractivity contribution >= 4 is 0 Å². The molecule has 0 spiro atoms. The van der Waals surface area contributed by atoms with Crippen LogP contribution in [0.25, 0.3) is 0 Å². The lowest BCUT2D eigenvalue weighted by molar-refractivity contribution is 0.131. The van der Waals surface area contributed by atoms with Gasteiger partial charge in [-0.1, -0.05) is 24.6 Å². The van der Waals surface area contributed by atoms with Crippen LogP contribution in [0.15, 0.2) is 24.3 Å². The number of rotatable bonds is 2. The van der Waals surface area contributed by atoms with Gasteiger partial charge in [-0.05, 0) is 37.8 Å². The van der Waals surface area contributed by atoms with Crippen molar-refractivity contribution in [1.29, 1.82) is 0 Å². The van der Waals surface area contributed by atoms with Crippen molar-refractivity contribution in [2.24, 2.45) is 5.73 Å². The van der Waals surface area contributed by atoms with Crippen molar-refractivity contribution in [2.75, 3.05) is 0 Å². The minimum absolute atomic E-state index is 0.207. The molecule has 2 atom stereocenters. The van der Waals surface area contributed by atoms with E-state index in [1.807, 2.05) is 18.2 Å². The third-order valence-electron chi connectivity index (χ3n) is 3.13. The Morgan fingerprint density at radius 1 is 1.20 bits per heavy atom. The van der Waals surface area contributed by atoms with Gasteiger partial charge in [0.2, 0.25) is 0 Å². The van der Waals surface area contributed by atoms with Crippen LogP contribution < -0.4 is 10.5 Å². The van der Waals surface area contributed by atoms with E-state index in [4.69, 9.17) is 10.5 Å². The van der Waals surface area contributed by atoms with E-state index >= 15 is 0 Å². The van der Waals surface area contributed by atoms with E-state index in [0.717, 1.165) is 18.6 Å². The highest BCUT2D eigenvalue weighted by molar-refractivity contribution is 5.32. The highest BCUT2D eigenvalue weighted by Gasteiger charge is 2.23. The van der Waals surface area contributed by atoms with Gasteiger partial charge in [-0.2, -0.15) is 0 Å². The maximum absolute atomic E-state index is 6.05. The quantitative estimate of drug-likeness (QED) is 0.805. The molecule has 0 aromatic heterocycles. The fraction of sp³-hybridized carbons (Fsp3) is 0.538. The van der Waals surface area contributed by atoms with Gasteiger partial charge >= 0.3 is 0 Å². The van der Waals surface area contributed by atoms with E-state index in [-0.39, 0.29) is 12.1 Å². The molecular weight excluding hydrogens is 186 g/mol. The Labute approximate surface area is 91.4 Å². The molecule has 0 heterocycles. The highest BCUT2D eigenvalue weighted by Crippen LogP contribution is 2.24. The van der Waals surface area contributed by atoms with Gasteiger partial charge < -0.3 is 10.5 Å². The third-order valence-corrected chi connectivity index (χ3v) is 3.13. The molecule has 15 heavy (non-hydrogen) atoms. The molecule has 82 valence electrons. The number of ether oxygens (including phenoxy) is 1. The first-order chi connectivity index (χ1) is 7.27. The molecule has 0 unspecified atom stereocenters. The Morgan fingerprint density at radius 3 is 2.67 bits per heavy atom. The van der Waals surface area contributed by atoms with Crippen molar-refractivity contribution < 1.29 is 4.74 Å². The largest absolute Gasteiger partial charge is 0.489 e. The second kappa shape index (κ2) is 4.67. The summed E-state index contributed by atoms with van der Waals surface area (Å²) >= 11 is 0. The summed E-state index contributed by atoms with van der Waals surface area (Å²) in [5.74, 6) is 0.986. The molecule has 1 aliphatic carbocycles. The number of nitrogens with two attached hydrogens (primary N) is 1. The lowest BCUT2D eigenvalue weighted by atomic mass is 9.93. The van der Waals surface area contributed by atoms with Crippen LogP contribution in [0, 0.1) is 6.92 Å². The lowest BCUT2D eigenvalue weighted by Gasteiger charge is -2.29. The molecule has 2 rings (SSSR count). The SMILES string of the molecule is Cc1ccccc1O[C@@H]1CCCC[C@H]1N. The Morgan fingerprint density at radius 2 is 1.93 bits per heavy atom. The summed E-state index contributed by atoms with van der Waals surface area (Å²) in [6.07, 6.45) is 4.88. The first kappa shape index (κ1) is 10.5. The van der Waals surface area contributed by atoms with Gasteiger partial charge in [-0.15, -0.1) is 0 Å². The first-order valence-electron chi connectivity index (χ1n) is 5.75. The predicted octanol–water partition coefficient (Wildman–Crippen LogP) is 2.64. The molecule has 1 fully saturated rings. The molecule has 1 aromatic rings. The molecule has 2 nitrogen and oxygen atoms in total. The zero-order valence-electron chi connectivity index (χ0n) is 9.28. The Bertz CT molecular complexity index is 324. The lowest BCUT2D eigenvalue weighted by Crippen LogP contribution is -2.41. The fourth-order valence-corrected chi connectivity index (χ4v) is 2.12. The summed E-state index contributed by atoms with van der Waals surface area (Å²) in [5.41, 5.74) is 7.24. The summed E-state index contributed by atoms with van der Waals surface area (Å²) < 4.78 is 5.97. The molecule has 1 saturated carbocycles. The highest BCUT2D eigenvalue weighted by atomic mass is 16.5. The first-order valence-corrected chi connectivity index (χ1v) is 5.75. The van der Waals surface area contributed by atoms with E-state index in [2.05, 4.69) is 13.0 Å². The summed E-state index contributed by atoms with van der Waals surface area (Å²) in [6, 6.07) is 8.35. The number of hydrogen-bond donors (Lipinski definition) is 1. The van der Waals surface area contributed by atoms with Gasteiger partial charge in [-0.3, -0.25) is 0 Å². The normalized spacial score (nSPS) is 26.3. The molecule has 2 N–H and O–H groups in total. The van der Waals surface area contributed by atoms with Gasteiger partial charge in [0.25, 0.3) is 0 Å². The van der Waals surface area contributed by atoms with E-state index < -0.39 is 0 Å². The van der Waals surface area contributed by atoms with Crippen LogP contribution in [0.4, 0.5) is 0 Å². The van der Waals surface area contributed by atoms with E-state index in [0.29, 0.717) is 0 Å². The molecule has 1 aromatic carbocycles. The van der Waals surface area contributed by atoms with Crippen molar-refractivity contribution in [3.05, 3.63) is 29.8 Å². The zero-order chi connectivity index (χ0) is 10.7. The van der Waals surface area contributed by atoms with Crippen LogP contribution in [-0.4, -0.2) is 12.1 Å². The second-order valence-electron chi connectivity index (χ2n) is 4.37. The summed E-state index contributed by atoms with van der Waals surface area (Å²) in [6.45, 7) is 2.07. The molecule has 0 radical (unpaired) electrons. The van der Waals surface area contributed by atoms with Crippen LogP contribution >= 0.6 is 0 Å². The van der Waals surface area contributed by atoms with Gasteiger partial charge in [0.05, 0.1) is 0 Å². The van der Waals surface area contributed by atoms with Gasteiger partial charge in [0.15, 0.2) is 0 Å². The Hall–Kier alpha value is -1.02. The van der Waals surface area contributed by atoms with Crippen molar-refractivity contribution in [3.63, 3.8) is 0 Å². The molecule has 0 saturated heterocycles. The van der Waals surface area contributed by atoms with Crippen molar-refractivity contribution in [3.8, 4) is 5.75 Å². The van der Waals surface area contributed by atoms with E-state index in [1.54, 1.807) is 0 Å². The Kier molecular flexibility index (Phi) is 3.27. The number of hydrogen-bond acceptors (Lipinski definition) is 2. The van der Waals surface area contributed by atoms with Crippen LogP contribution in [0.2, 0.25) is 0 Å². The molecule has 2 heteroatoms. The number of benzene rings is 1. The fourth-order valence-electron chi connectivity index (χ4n) is 2.12. The molecule has 0 bridgehead atoms. The van der Waals surface area contributed by atoms with Crippen molar-refractivity contribution in [2.45, 2.75) is 44.8 Å². The maximum Gasteiger partial charge on any atom is 0.122 e. The molecule has 0 aliphatic heterocycles. The number of para-hydroxylation sites is 1. The monoisotopic (exact) mass is 205 g/mol. The van der Waals surface area contributed by atoms with Gasteiger partial charge in [0, 0.05) is 6.04 Å². The number of aryl methyl sites for hydroxylation is 1.